The summed E-state index contributed by atoms with van der Waals surface area (Å²) < 4.78 is 5.61. The minimum absolute atomic E-state index is 0.0884. The zero-order valence-corrected chi connectivity index (χ0v) is 11.7. The molecule has 0 unspecified atom stereocenters. The molecule has 19 heavy (non-hydrogen) atoms. The molecule has 0 amide bonds. The fourth-order valence-corrected chi connectivity index (χ4v) is 1.93. The highest BCUT2D eigenvalue weighted by Gasteiger charge is 2.04. The van der Waals surface area contributed by atoms with Crippen LogP contribution in [0.5, 0.6) is 5.75 Å². The molecule has 0 fully saturated rings. The van der Waals surface area contributed by atoms with Crippen LogP contribution in [0.25, 0.3) is 0 Å². The second kappa shape index (κ2) is 6.33. The molecule has 2 rings (SSSR count). The van der Waals surface area contributed by atoms with Gasteiger partial charge in [-0.3, -0.25) is 10.1 Å². The third kappa shape index (κ3) is 3.79. The first-order valence-corrected chi connectivity index (χ1v) is 6.82. The van der Waals surface area contributed by atoms with Crippen LogP contribution in [-0.4, -0.2) is 4.92 Å². The van der Waals surface area contributed by atoms with E-state index in [9.17, 15) is 10.1 Å². The summed E-state index contributed by atoms with van der Waals surface area (Å²) in [6.45, 7) is 0.394. The van der Waals surface area contributed by atoms with Crippen LogP contribution in [0.3, 0.4) is 0 Å². The SMILES string of the molecule is O=[N+]([O-])c1ccc(COc2ccc(CBr)cc2)cc1. The first-order chi connectivity index (χ1) is 9.19. The molecule has 5 heteroatoms. The van der Waals surface area contributed by atoms with Gasteiger partial charge in [-0.15, -0.1) is 0 Å². The number of rotatable bonds is 5. The molecule has 2 aromatic rings. The van der Waals surface area contributed by atoms with Crippen molar-refractivity contribution in [3.63, 3.8) is 0 Å². The van der Waals surface area contributed by atoms with Crippen molar-refractivity contribution in [3.05, 3.63) is 69.8 Å². The molecule has 0 spiro atoms. The average Bonchev–Trinajstić information content (AvgIpc) is 2.46. The predicted octanol–water partition coefficient (Wildman–Crippen LogP) is 4.07. The first-order valence-electron chi connectivity index (χ1n) is 5.70. The molecule has 0 aromatic heterocycles. The Morgan fingerprint density at radius 3 is 2.11 bits per heavy atom. The topological polar surface area (TPSA) is 52.4 Å². The van der Waals surface area contributed by atoms with Crippen molar-refractivity contribution in [2.75, 3.05) is 0 Å². The maximum Gasteiger partial charge on any atom is 0.269 e. The van der Waals surface area contributed by atoms with Gasteiger partial charge in [0.1, 0.15) is 12.4 Å². The summed E-state index contributed by atoms with van der Waals surface area (Å²) in [4.78, 5) is 10.1. The van der Waals surface area contributed by atoms with Gasteiger partial charge in [0.05, 0.1) is 4.92 Å². The molecule has 4 nitrogen and oxygen atoms in total. The molecule has 98 valence electrons. The van der Waals surface area contributed by atoms with E-state index in [0.29, 0.717) is 6.61 Å². The Morgan fingerprint density at radius 1 is 1.00 bits per heavy atom. The molecule has 0 N–H and O–H groups in total. The Morgan fingerprint density at radius 2 is 1.58 bits per heavy atom. The second-order valence-corrected chi connectivity index (χ2v) is 4.55. The number of nitrogens with zero attached hydrogens (tertiary/aromatic N) is 1. The maximum atomic E-state index is 10.5. The zero-order chi connectivity index (χ0) is 13.7. The largest absolute Gasteiger partial charge is 0.489 e. The predicted molar refractivity (Wildman–Crippen MR) is 76.5 cm³/mol. The van der Waals surface area contributed by atoms with Crippen LogP contribution in [0.15, 0.2) is 48.5 Å². The van der Waals surface area contributed by atoms with Crippen LogP contribution in [0.2, 0.25) is 0 Å². The molecule has 0 atom stereocenters. The first kappa shape index (κ1) is 13.5. The summed E-state index contributed by atoms with van der Waals surface area (Å²) in [6.07, 6.45) is 0. The fraction of sp³-hybridized carbons (Fsp3) is 0.143. The van der Waals surface area contributed by atoms with Gasteiger partial charge in [-0.1, -0.05) is 28.1 Å². The number of hydrogen-bond acceptors (Lipinski definition) is 3. The molecule has 0 aliphatic rings. The van der Waals surface area contributed by atoms with E-state index in [1.54, 1.807) is 12.1 Å². The second-order valence-electron chi connectivity index (χ2n) is 3.99. The fourth-order valence-electron chi connectivity index (χ4n) is 1.56. The van der Waals surface area contributed by atoms with Crippen LogP contribution >= 0.6 is 15.9 Å². The number of benzene rings is 2. The number of ether oxygens (including phenoxy) is 1. The smallest absolute Gasteiger partial charge is 0.269 e. The normalized spacial score (nSPS) is 10.2. The molecule has 2 aromatic carbocycles. The molecule has 0 aliphatic heterocycles. The highest BCUT2D eigenvalue weighted by Crippen LogP contribution is 2.17. The van der Waals surface area contributed by atoms with Crippen LogP contribution in [0.1, 0.15) is 11.1 Å². The quantitative estimate of drug-likeness (QED) is 0.474. The third-order valence-corrected chi connectivity index (χ3v) is 3.28. The van der Waals surface area contributed by atoms with Gasteiger partial charge in [0, 0.05) is 17.5 Å². The van der Waals surface area contributed by atoms with Gasteiger partial charge < -0.3 is 4.74 Å². The van der Waals surface area contributed by atoms with E-state index >= 15 is 0 Å². The van der Waals surface area contributed by atoms with Gasteiger partial charge in [0.15, 0.2) is 0 Å². The van der Waals surface area contributed by atoms with Crippen molar-refractivity contribution in [3.8, 4) is 5.75 Å². The molecular formula is C14H12BrNO3. The van der Waals surface area contributed by atoms with Gasteiger partial charge in [0.2, 0.25) is 0 Å². The molecular weight excluding hydrogens is 310 g/mol. The van der Waals surface area contributed by atoms with Crippen molar-refractivity contribution in [1.29, 1.82) is 0 Å². The van der Waals surface area contributed by atoms with E-state index in [0.717, 1.165) is 16.6 Å². The summed E-state index contributed by atoms with van der Waals surface area (Å²) in [7, 11) is 0. The molecule has 0 bridgehead atoms. The van der Waals surface area contributed by atoms with E-state index in [1.165, 1.54) is 17.7 Å². The number of hydrogen-bond donors (Lipinski definition) is 0. The minimum atomic E-state index is -0.413. The van der Waals surface area contributed by atoms with Crippen LogP contribution in [-0.2, 0) is 11.9 Å². The van der Waals surface area contributed by atoms with Gasteiger partial charge in [-0.05, 0) is 35.4 Å². The monoisotopic (exact) mass is 321 g/mol. The summed E-state index contributed by atoms with van der Waals surface area (Å²) in [5.41, 5.74) is 2.17. The van der Waals surface area contributed by atoms with E-state index in [2.05, 4.69) is 15.9 Å². The van der Waals surface area contributed by atoms with Gasteiger partial charge in [0.25, 0.3) is 5.69 Å². The van der Waals surface area contributed by atoms with Crippen LogP contribution in [0, 0.1) is 10.1 Å². The van der Waals surface area contributed by atoms with Crippen molar-refractivity contribution in [1.82, 2.24) is 0 Å². The van der Waals surface area contributed by atoms with Crippen LogP contribution < -0.4 is 4.74 Å². The molecule has 0 heterocycles. The Bertz CT molecular complexity index is 552. The Labute approximate surface area is 119 Å². The maximum absolute atomic E-state index is 10.5. The van der Waals surface area contributed by atoms with Gasteiger partial charge >= 0.3 is 0 Å². The van der Waals surface area contributed by atoms with Crippen molar-refractivity contribution >= 4 is 21.6 Å². The van der Waals surface area contributed by atoms with Crippen molar-refractivity contribution < 1.29 is 9.66 Å². The average molecular weight is 322 g/mol. The van der Waals surface area contributed by atoms with Crippen LogP contribution in [0.4, 0.5) is 5.69 Å². The number of nitro benzene ring substituents is 1. The van der Waals surface area contributed by atoms with E-state index in [1.807, 2.05) is 24.3 Å². The Balaban J connectivity index is 1.95. The van der Waals surface area contributed by atoms with E-state index in [4.69, 9.17) is 4.74 Å². The third-order valence-electron chi connectivity index (χ3n) is 2.63. The van der Waals surface area contributed by atoms with E-state index in [-0.39, 0.29) is 5.69 Å². The van der Waals surface area contributed by atoms with E-state index < -0.39 is 4.92 Å². The lowest BCUT2D eigenvalue weighted by molar-refractivity contribution is -0.384. The molecule has 0 aliphatic carbocycles. The van der Waals surface area contributed by atoms with Gasteiger partial charge in [-0.2, -0.15) is 0 Å². The standard InChI is InChI=1S/C14H12BrNO3/c15-9-11-3-7-14(8-4-11)19-10-12-1-5-13(6-2-12)16(17)18/h1-8H,9-10H2. The van der Waals surface area contributed by atoms with Crippen molar-refractivity contribution in [2.45, 2.75) is 11.9 Å². The number of non-ortho nitro benzene ring substituents is 1. The summed E-state index contributed by atoms with van der Waals surface area (Å²) in [5, 5.41) is 11.3. The van der Waals surface area contributed by atoms with Crippen molar-refractivity contribution in [2.24, 2.45) is 0 Å². The molecule has 0 radical (unpaired) electrons. The lowest BCUT2D eigenvalue weighted by atomic mass is 10.2. The number of alkyl halides is 1. The summed E-state index contributed by atoms with van der Waals surface area (Å²) in [5.74, 6) is 0.781. The minimum Gasteiger partial charge on any atom is -0.489 e. The zero-order valence-electron chi connectivity index (χ0n) is 10.1. The molecule has 0 saturated heterocycles. The Hall–Kier alpha value is -1.88. The Kier molecular flexibility index (Phi) is 4.52. The highest BCUT2D eigenvalue weighted by atomic mass is 79.9. The summed E-state index contributed by atoms with van der Waals surface area (Å²) >= 11 is 3.38. The lowest BCUT2D eigenvalue weighted by Gasteiger charge is -2.06. The molecule has 0 saturated carbocycles. The number of halogens is 1. The summed E-state index contributed by atoms with van der Waals surface area (Å²) in [6, 6.07) is 14.1. The number of nitro groups is 1. The lowest BCUT2D eigenvalue weighted by Crippen LogP contribution is -1.96. The highest BCUT2D eigenvalue weighted by molar-refractivity contribution is 9.08. The van der Waals surface area contributed by atoms with Gasteiger partial charge in [-0.25, -0.2) is 0 Å².